The van der Waals surface area contributed by atoms with Crippen molar-refractivity contribution >= 4 is 23.5 Å². The minimum absolute atomic E-state index is 0. The standard InChI is InChI=1S/C26H50N4O4.H2/c1-6-7-8-13-20(2)24(32)28-18-12-10-15-23(26(34)29-19-16-22(4)31)30-25(33)21(3)14-9-11-17-27-5;/h20-21,23,27H,6-19H2,1-5H3,(H,28,32)(H,29,34)(H,30,33);1H. The molecule has 0 aromatic rings. The van der Waals surface area contributed by atoms with Gasteiger partial charge in [-0.15, -0.1) is 0 Å². The van der Waals surface area contributed by atoms with Gasteiger partial charge in [0.05, 0.1) is 0 Å². The van der Waals surface area contributed by atoms with Crippen LogP contribution in [0.4, 0.5) is 0 Å². The van der Waals surface area contributed by atoms with Crippen LogP contribution in [0.2, 0.25) is 0 Å². The molecule has 0 radical (unpaired) electrons. The maximum absolute atomic E-state index is 12.7. The number of hydrogen-bond acceptors (Lipinski definition) is 5. The molecule has 4 N–H and O–H groups in total. The summed E-state index contributed by atoms with van der Waals surface area (Å²) in [7, 11) is 1.91. The van der Waals surface area contributed by atoms with Gasteiger partial charge in [-0.1, -0.05) is 46.5 Å². The van der Waals surface area contributed by atoms with Crippen molar-refractivity contribution in [2.24, 2.45) is 11.8 Å². The van der Waals surface area contributed by atoms with Gasteiger partial charge in [-0.2, -0.15) is 0 Å². The summed E-state index contributed by atoms with van der Waals surface area (Å²) in [5.74, 6) is -0.445. The normalized spacial score (nSPS) is 13.6. The fourth-order valence-electron chi connectivity index (χ4n) is 3.64. The van der Waals surface area contributed by atoms with Crippen LogP contribution >= 0.6 is 0 Å². The number of carbonyl (C=O) groups is 4. The van der Waals surface area contributed by atoms with Crippen LogP contribution in [0, 0.1) is 11.8 Å². The lowest BCUT2D eigenvalue weighted by molar-refractivity contribution is -0.131. The van der Waals surface area contributed by atoms with Crippen molar-refractivity contribution in [3.8, 4) is 0 Å². The zero-order valence-electron chi connectivity index (χ0n) is 22.3. The number of Topliss-reactive ketones (excluding diaryl/α,β-unsaturated/α-hetero) is 1. The molecular formula is C26H52N4O4. The van der Waals surface area contributed by atoms with Crippen LogP contribution in [0.5, 0.6) is 0 Å². The van der Waals surface area contributed by atoms with Crippen molar-refractivity contribution < 1.29 is 20.6 Å². The fourth-order valence-corrected chi connectivity index (χ4v) is 3.64. The molecule has 0 aliphatic heterocycles. The van der Waals surface area contributed by atoms with E-state index in [4.69, 9.17) is 0 Å². The van der Waals surface area contributed by atoms with Gasteiger partial charge >= 0.3 is 0 Å². The Labute approximate surface area is 208 Å². The first kappa shape index (κ1) is 32.0. The lowest BCUT2D eigenvalue weighted by atomic mass is 10.0. The molecule has 8 heteroatoms. The number of nitrogens with one attached hydrogen (secondary N) is 4. The molecular weight excluding hydrogens is 432 g/mol. The molecule has 0 heterocycles. The molecule has 0 aliphatic rings. The van der Waals surface area contributed by atoms with E-state index in [-0.39, 0.29) is 49.7 Å². The Morgan fingerprint density at radius 2 is 1.26 bits per heavy atom. The zero-order chi connectivity index (χ0) is 25.8. The zero-order valence-corrected chi connectivity index (χ0v) is 22.3. The summed E-state index contributed by atoms with van der Waals surface area (Å²) in [4.78, 5) is 48.7. The molecule has 8 nitrogen and oxygen atoms in total. The molecule has 200 valence electrons. The minimum Gasteiger partial charge on any atom is -0.356 e. The van der Waals surface area contributed by atoms with Crippen LogP contribution in [-0.2, 0) is 19.2 Å². The first-order valence-corrected chi connectivity index (χ1v) is 13.2. The first-order chi connectivity index (χ1) is 16.2. The molecule has 0 aromatic heterocycles. The molecule has 0 aromatic carbocycles. The molecule has 3 amide bonds. The highest BCUT2D eigenvalue weighted by molar-refractivity contribution is 5.88. The second-order valence-corrected chi connectivity index (χ2v) is 9.49. The summed E-state index contributed by atoms with van der Waals surface area (Å²) < 4.78 is 0. The van der Waals surface area contributed by atoms with E-state index in [1.54, 1.807) is 0 Å². The SMILES string of the molecule is CCCCCC(C)C(=O)NCCCCC(NC(=O)C(C)CCCCNC)C(=O)NCCC(C)=O.[HH]. The second kappa shape index (κ2) is 20.4. The lowest BCUT2D eigenvalue weighted by Gasteiger charge is -2.21. The Balaban J connectivity index is 0. The van der Waals surface area contributed by atoms with E-state index in [2.05, 4.69) is 28.2 Å². The Kier molecular flexibility index (Phi) is 19.2. The number of rotatable bonds is 21. The number of hydrogen-bond donors (Lipinski definition) is 4. The minimum atomic E-state index is -0.636. The molecule has 0 rings (SSSR count). The van der Waals surface area contributed by atoms with E-state index >= 15 is 0 Å². The molecule has 3 atom stereocenters. The van der Waals surface area contributed by atoms with Crippen LogP contribution < -0.4 is 21.3 Å². The molecule has 0 aliphatic carbocycles. The maximum Gasteiger partial charge on any atom is 0.242 e. The smallest absolute Gasteiger partial charge is 0.242 e. The largest absolute Gasteiger partial charge is 0.356 e. The van der Waals surface area contributed by atoms with Gasteiger partial charge in [-0.25, -0.2) is 0 Å². The lowest BCUT2D eigenvalue weighted by Crippen LogP contribution is -2.48. The van der Waals surface area contributed by atoms with Crippen molar-refractivity contribution in [3.63, 3.8) is 0 Å². The van der Waals surface area contributed by atoms with Crippen molar-refractivity contribution in [3.05, 3.63) is 0 Å². The van der Waals surface area contributed by atoms with Gasteiger partial charge in [-0.05, 0) is 59.0 Å². The van der Waals surface area contributed by atoms with E-state index in [9.17, 15) is 19.2 Å². The average Bonchev–Trinajstić information content (AvgIpc) is 2.80. The maximum atomic E-state index is 12.7. The van der Waals surface area contributed by atoms with E-state index in [1.165, 1.54) is 6.92 Å². The molecule has 34 heavy (non-hydrogen) atoms. The molecule has 3 unspecified atom stereocenters. The van der Waals surface area contributed by atoms with Crippen molar-refractivity contribution in [2.75, 3.05) is 26.7 Å². The Bertz CT molecular complexity index is 604. The first-order valence-electron chi connectivity index (χ1n) is 13.2. The quantitative estimate of drug-likeness (QED) is 0.186. The van der Waals surface area contributed by atoms with Crippen LogP contribution in [0.25, 0.3) is 0 Å². The number of amides is 3. The van der Waals surface area contributed by atoms with Crippen molar-refractivity contribution in [2.45, 2.75) is 104 Å². The molecule has 0 fully saturated rings. The van der Waals surface area contributed by atoms with E-state index in [1.807, 2.05) is 20.9 Å². The highest BCUT2D eigenvalue weighted by atomic mass is 16.2. The number of unbranched alkanes of at least 4 members (excludes halogenated alkanes) is 4. The van der Waals surface area contributed by atoms with E-state index in [0.29, 0.717) is 19.4 Å². The molecule has 0 spiro atoms. The van der Waals surface area contributed by atoms with Gasteiger partial charge in [0, 0.05) is 32.8 Å². The molecule has 0 bridgehead atoms. The second-order valence-electron chi connectivity index (χ2n) is 9.49. The van der Waals surface area contributed by atoms with Gasteiger partial charge in [-0.3, -0.25) is 19.2 Å². The van der Waals surface area contributed by atoms with Crippen molar-refractivity contribution in [1.29, 1.82) is 0 Å². The van der Waals surface area contributed by atoms with Crippen molar-refractivity contribution in [1.82, 2.24) is 21.3 Å². The topological polar surface area (TPSA) is 116 Å². The van der Waals surface area contributed by atoms with Gasteiger partial charge < -0.3 is 21.3 Å². The monoisotopic (exact) mass is 484 g/mol. The summed E-state index contributed by atoms with van der Waals surface area (Å²) in [6.07, 6.45) is 9.19. The average molecular weight is 485 g/mol. The van der Waals surface area contributed by atoms with Gasteiger partial charge in [0.2, 0.25) is 17.7 Å². The highest BCUT2D eigenvalue weighted by Gasteiger charge is 2.23. The number of carbonyl (C=O) groups excluding carboxylic acids is 4. The fraction of sp³-hybridized carbons (Fsp3) is 0.846. The Hall–Kier alpha value is -1.96. The molecule has 0 saturated carbocycles. The predicted octanol–water partition coefficient (Wildman–Crippen LogP) is 3.34. The van der Waals surface area contributed by atoms with Gasteiger partial charge in [0.1, 0.15) is 11.8 Å². The molecule has 0 saturated heterocycles. The summed E-state index contributed by atoms with van der Waals surface area (Å²) in [5.41, 5.74) is 0. The van der Waals surface area contributed by atoms with Gasteiger partial charge in [0.25, 0.3) is 0 Å². The van der Waals surface area contributed by atoms with Gasteiger partial charge in [0.15, 0.2) is 0 Å². The predicted molar refractivity (Wildman–Crippen MR) is 139 cm³/mol. The third kappa shape index (κ3) is 16.6. The summed E-state index contributed by atoms with van der Waals surface area (Å²) in [5, 5.41) is 11.7. The Morgan fingerprint density at radius 1 is 0.706 bits per heavy atom. The Morgan fingerprint density at radius 3 is 1.88 bits per heavy atom. The summed E-state index contributed by atoms with van der Waals surface area (Å²) in [6, 6.07) is -0.636. The third-order valence-corrected chi connectivity index (χ3v) is 6.08. The summed E-state index contributed by atoms with van der Waals surface area (Å²) >= 11 is 0. The van der Waals surface area contributed by atoms with E-state index < -0.39 is 6.04 Å². The summed E-state index contributed by atoms with van der Waals surface area (Å²) in [6.45, 7) is 9.23. The van der Waals surface area contributed by atoms with Crippen LogP contribution in [0.15, 0.2) is 0 Å². The number of ketones is 1. The van der Waals surface area contributed by atoms with Crippen LogP contribution in [0.3, 0.4) is 0 Å². The highest BCUT2D eigenvalue weighted by Crippen LogP contribution is 2.11. The third-order valence-electron chi connectivity index (χ3n) is 6.08. The van der Waals surface area contributed by atoms with E-state index in [0.717, 1.165) is 57.9 Å². The van der Waals surface area contributed by atoms with Crippen LogP contribution in [-0.4, -0.2) is 56.2 Å². The van der Waals surface area contributed by atoms with Crippen LogP contribution in [0.1, 0.15) is 99.8 Å².